The third kappa shape index (κ3) is 7.54. The Balaban J connectivity index is 1.61. The molecule has 2 heterocycles. The minimum atomic E-state index is -1.56. The van der Waals surface area contributed by atoms with Crippen LogP contribution in [-0.2, 0) is 17.9 Å². The van der Waals surface area contributed by atoms with E-state index in [1.54, 1.807) is 42.7 Å². The summed E-state index contributed by atoms with van der Waals surface area (Å²) < 4.78 is 31.4. The molecule has 0 spiro atoms. The van der Waals surface area contributed by atoms with Crippen molar-refractivity contribution in [2.45, 2.75) is 49.2 Å². The molecule has 11 heteroatoms. The molecule has 3 N–H and O–H groups in total. The van der Waals surface area contributed by atoms with Crippen molar-refractivity contribution >= 4 is 29.1 Å². The number of ketones is 1. The van der Waals surface area contributed by atoms with E-state index in [1.165, 1.54) is 36.2 Å². The summed E-state index contributed by atoms with van der Waals surface area (Å²) in [5.41, 5.74) is 2.15. The van der Waals surface area contributed by atoms with E-state index in [0.29, 0.717) is 29.4 Å². The molecule has 3 atom stereocenters. The smallest absolute Gasteiger partial charge is 0.255 e. The number of aliphatic hydroxyl groups excluding tert-OH is 2. The molecule has 0 bridgehead atoms. The van der Waals surface area contributed by atoms with Gasteiger partial charge in [-0.25, -0.2) is 8.78 Å². The second-order valence-corrected chi connectivity index (χ2v) is 13.2. The maximum absolute atomic E-state index is 14.9. The number of Topliss-reactive ketones (excluding diaryl/α,β-unsaturated/α-hetero) is 1. The van der Waals surface area contributed by atoms with Crippen LogP contribution in [0.1, 0.15) is 57.6 Å². The standard InChI is InChI=1S/C36H37F2N3O5S/c1-21(2)32(44)27-19-41(18-25-28(37)10-7-11-29(25)38)36-31(33(27)45)26(17-40(3)16-22-8-5-4-6-9-22)34(47-36)23-12-14-24(15-13-23)39-35(46)30(43)20-42/h4-15,19,21,26,30,34,42-43H,16-18,20H2,1-3H3,(H,39,46). The van der Waals surface area contributed by atoms with Gasteiger partial charge in [-0.15, -0.1) is 0 Å². The lowest BCUT2D eigenvalue weighted by Crippen LogP contribution is -2.31. The summed E-state index contributed by atoms with van der Waals surface area (Å²) in [6, 6.07) is 20.5. The Bertz CT molecular complexity index is 1790. The van der Waals surface area contributed by atoms with Gasteiger partial charge in [0, 0.05) is 53.2 Å². The Morgan fingerprint density at radius 1 is 1.00 bits per heavy atom. The van der Waals surface area contributed by atoms with E-state index in [2.05, 4.69) is 10.2 Å². The average molecular weight is 662 g/mol. The number of halogens is 2. The zero-order chi connectivity index (χ0) is 33.8. The van der Waals surface area contributed by atoms with Gasteiger partial charge >= 0.3 is 0 Å². The number of amides is 1. The number of carbonyl (C=O) groups is 2. The van der Waals surface area contributed by atoms with Gasteiger partial charge in [0.25, 0.3) is 5.91 Å². The Hall–Kier alpha value is -4.16. The maximum atomic E-state index is 14.9. The first-order valence-corrected chi connectivity index (χ1v) is 16.2. The molecule has 0 aliphatic carbocycles. The predicted molar refractivity (Wildman–Crippen MR) is 178 cm³/mol. The van der Waals surface area contributed by atoms with Crippen molar-refractivity contribution in [1.29, 1.82) is 0 Å². The van der Waals surface area contributed by atoms with E-state index in [-0.39, 0.29) is 34.1 Å². The van der Waals surface area contributed by atoms with Crippen LogP contribution in [0.2, 0.25) is 0 Å². The van der Waals surface area contributed by atoms with E-state index >= 15 is 0 Å². The molecule has 0 saturated heterocycles. The van der Waals surface area contributed by atoms with Crippen molar-refractivity contribution < 1.29 is 28.6 Å². The van der Waals surface area contributed by atoms with Gasteiger partial charge in [-0.1, -0.05) is 74.1 Å². The van der Waals surface area contributed by atoms with Gasteiger partial charge in [0.2, 0.25) is 0 Å². The molecule has 246 valence electrons. The van der Waals surface area contributed by atoms with E-state index in [9.17, 15) is 28.3 Å². The number of aromatic nitrogens is 1. The second kappa shape index (κ2) is 14.7. The number of likely N-dealkylation sites (N-methyl/N-ethyl adjacent to an activating group) is 1. The first-order valence-electron chi connectivity index (χ1n) is 15.3. The van der Waals surface area contributed by atoms with E-state index < -0.39 is 42.1 Å². The summed E-state index contributed by atoms with van der Waals surface area (Å²) >= 11 is 1.39. The van der Waals surface area contributed by atoms with Gasteiger partial charge in [-0.2, -0.15) is 0 Å². The first kappa shape index (κ1) is 34.2. The van der Waals surface area contributed by atoms with Gasteiger partial charge < -0.3 is 25.0 Å². The van der Waals surface area contributed by atoms with Gasteiger partial charge in [0.1, 0.15) is 11.6 Å². The lowest BCUT2D eigenvalue weighted by atomic mass is 9.89. The molecule has 1 aliphatic heterocycles. The fourth-order valence-corrected chi connectivity index (χ4v) is 7.33. The molecule has 0 fully saturated rings. The molecule has 4 aromatic rings. The van der Waals surface area contributed by atoms with Crippen molar-refractivity contribution in [3.8, 4) is 0 Å². The molecule has 3 unspecified atom stereocenters. The third-order valence-corrected chi connectivity index (χ3v) is 9.74. The average Bonchev–Trinajstić information content (AvgIpc) is 3.43. The Labute approximate surface area is 276 Å². The molecule has 3 aromatic carbocycles. The highest BCUT2D eigenvalue weighted by molar-refractivity contribution is 7.99. The molecule has 0 saturated carbocycles. The van der Waals surface area contributed by atoms with Crippen molar-refractivity contribution in [3.05, 3.63) is 129 Å². The van der Waals surface area contributed by atoms with Gasteiger partial charge in [-0.3, -0.25) is 14.4 Å². The normalized spacial score (nSPS) is 16.4. The third-order valence-electron chi connectivity index (χ3n) is 8.21. The number of aliphatic hydroxyl groups is 2. The molecule has 1 amide bonds. The number of nitrogens with one attached hydrogen (secondary N) is 1. The lowest BCUT2D eigenvalue weighted by Gasteiger charge is -2.26. The van der Waals surface area contributed by atoms with Crippen molar-refractivity contribution in [1.82, 2.24) is 9.47 Å². The monoisotopic (exact) mass is 661 g/mol. The highest BCUT2D eigenvalue weighted by atomic mass is 32.2. The quantitative estimate of drug-likeness (QED) is 0.175. The van der Waals surface area contributed by atoms with Crippen molar-refractivity contribution in [2.24, 2.45) is 5.92 Å². The lowest BCUT2D eigenvalue weighted by molar-refractivity contribution is -0.125. The Morgan fingerprint density at radius 3 is 2.28 bits per heavy atom. The topological polar surface area (TPSA) is 112 Å². The second-order valence-electron chi connectivity index (χ2n) is 12.1. The summed E-state index contributed by atoms with van der Waals surface area (Å²) in [5.74, 6) is -3.44. The molecule has 1 aromatic heterocycles. The van der Waals surface area contributed by atoms with E-state index in [0.717, 1.165) is 11.1 Å². The van der Waals surface area contributed by atoms with Crippen LogP contribution in [0.5, 0.6) is 0 Å². The Morgan fingerprint density at radius 2 is 1.66 bits per heavy atom. The van der Waals surface area contributed by atoms with Crippen molar-refractivity contribution in [3.63, 3.8) is 0 Å². The highest BCUT2D eigenvalue weighted by Gasteiger charge is 2.40. The van der Waals surface area contributed by atoms with Crippen LogP contribution < -0.4 is 10.7 Å². The summed E-state index contributed by atoms with van der Waals surface area (Å²) in [7, 11) is 1.95. The highest BCUT2D eigenvalue weighted by Crippen LogP contribution is 2.54. The van der Waals surface area contributed by atoms with E-state index in [1.807, 2.05) is 37.4 Å². The summed E-state index contributed by atoms with van der Waals surface area (Å²) in [5, 5.41) is 21.5. The zero-order valence-electron chi connectivity index (χ0n) is 26.3. The van der Waals surface area contributed by atoms with Crippen LogP contribution in [0.4, 0.5) is 14.5 Å². The number of anilines is 1. The van der Waals surface area contributed by atoms with Crippen molar-refractivity contribution in [2.75, 3.05) is 25.5 Å². The summed E-state index contributed by atoms with van der Waals surface area (Å²) in [6.45, 7) is 3.51. The van der Waals surface area contributed by atoms with Crippen LogP contribution in [0.3, 0.4) is 0 Å². The fourth-order valence-electron chi connectivity index (χ4n) is 5.79. The number of benzene rings is 3. The van der Waals surface area contributed by atoms with Crippen LogP contribution in [0.15, 0.2) is 88.8 Å². The number of fused-ring (bicyclic) bond motifs is 1. The van der Waals surface area contributed by atoms with E-state index in [4.69, 9.17) is 5.11 Å². The molecule has 0 radical (unpaired) electrons. The van der Waals surface area contributed by atoms with Crippen LogP contribution in [0, 0.1) is 17.6 Å². The summed E-state index contributed by atoms with van der Waals surface area (Å²) in [6.07, 6.45) is -0.132. The molecule has 1 aliphatic rings. The SMILES string of the molecule is CC(C)C(=O)c1cn(Cc2c(F)cccc2F)c2c(c1=O)C(CN(C)Cc1ccccc1)C(c1ccc(NC(=O)C(O)CO)cc1)S2. The first-order chi connectivity index (χ1) is 22.5. The number of thioether (sulfide) groups is 1. The number of carbonyl (C=O) groups excluding carboxylic acids is 2. The van der Waals surface area contributed by atoms with Gasteiger partial charge in [0.05, 0.1) is 23.7 Å². The fraction of sp³-hybridized carbons (Fsp3) is 0.306. The number of nitrogens with zero attached hydrogens (tertiary/aromatic N) is 2. The zero-order valence-corrected chi connectivity index (χ0v) is 27.1. The Kier molecular flexibility index (Phi) is 10.7. The number of pyridine rings is 1. The minimum Gasteiger partial charge on any atom is -0.393 e. The molecular formula is C36H37F2N3O5S. The largest absolute Gasteiger partial charge is 0.393 e. The number of rotatable bonds is 12. The maximum Gasteiger partial charge on any atom is 0.255 e. The molecule has 5 rings (SSSR count). The predicted octanol–water partition coefficient (Wildman–Crippen LogP) is 5.37. The number of hydrogen-bond acceptors (Lipinski definition) is 7. The number of hydrogen-bond donors (Lipinski definition) is 3. The van der Waals surface area contributed by atoms with Gasteiger partial charge in [-0.05, 0) is 42.4 Å². The van der Waals surface area contributed by atoms with Crippen LogP contribution in [0.25, 0.3) is 0 Å². The van der Waals surface area contributed by atoms with Gasteiger partial charge in [0.15, 0.2) is 17.3 Å². The summed E-state index contributed by atoms with van der Waals surface area (Å²) in [4.78, 5) is 41.8. The molecular weight excluding hydrogens is 624 g/mol. The molecule has 47 heavy (non-hydrogen) atoms. The minimum absolute atomic E-state index is 0.0204. The molecule has 8 nitrogen and oxygen atoms in total. The van der Waals surface area contributed by atoms with Crippen LogP contribution >= 0.6 is 11.8 Å². The van der Waals surface area contributed by atoms with Crippen LogP contribution in [-0.4, -0.2) is 57.7 Å².